The van der Waals surface area contributed by atoms with Crippen LogP contribution in [0.25, 0.3) is 0 Å². The van der Waals surface area contributed by atoms with Crippen LogP contribution in [0, 0.1) is 0 Å². The molecule has 0 heterocycles. The molecule has 0 aromatic carbocycles. The first-order chi connectivity index (χ1) is 10.1. The molecule has 1 atom stereocenters. The number of hydrogen-bond acceptors (Lipinski definition) is 4. The van der Waals surface area contributed by atoms with Crippen LogP contribution in [0.15, 0.2) is 0 Å². The van der Waals surface area contributed by atoms with Gasteiger partial charge in [0.1, 0.15) is 0 Å². The van der Waals surface area contributed by atoms with Crippen molar-refractivity contribution in [3.63, 3.8) is 0 Å². The van der Waals surface area contributed by atoms with Gasteiger partial charge in [-0.15, -0.1) is 0 Å². The van der Waals surface area contributed by atoms with Crippen molar-refractivity contribution in [1.82, 2.24) is 3.72 Å². The van der Waals surface area contributed by atoms with Crippen LogP contribution in [0.4, 0.5) is 0 Å². The normalized spacial score (nSPS) is 15.8. The molecule has 0 aliphatic heterocycles. The summed E-state index contributed by atoms with van der Waals surface area (Å²) in [6.45, 7) is 23.0. The molecule has 4 nitrogen and oxygen atoms in total. The monoisotopic (exact) mass is 412 g/mol. The van der Waals surface area contributed by atoms with Gasteiger partial charge in [0, 0.05) is 0 Å². The van der Waals surface area contributed by atoms with Gasteiger partial charge in [-0.3, -0.25) is 0 Å². The molecule has 23 heavy (non-hydrogen) atoms. The molecule has 0 bridgehead atoms. The van der Waals surface area contributed by atoms with E-state index in [2.05, 4.69) is 79.9 Å². The Balaban J connectivity index is 5.70. The molecular weight excluding hydrogens is 371 g/mol. The third-order valence-electron chi connectivity index (χ3n) is 2.65. The molecule has 1 N–H and O–H groups in total. The second kappa shape index (κ2) is 8.79. The van der Waals surface area contributed by atoms with Crippen LogP contribution in [-0.4, -0.2) is 22.8 Å². The second-order valence-corrected chi connectivity index (χ2v) is 13.6. The van der Waals surface area contributed by atoms with Crippen molar-refractivity contribution >= 4 is 0 Å². The fourth-order valence-corrected chi connectivity index (χ4v) is 9.99. The summed E-state index contributed by atoms with van der Waals surface area (Å²) in [5, 5.41) is 0. The molecule has 0 radical (unpaired) electrons. The van der Waals surface area contributed by atoms with E-state index >= 15 is 0 Å². The van der Waals surface area contributed by atoms with Gasteiger partial charge < -0.3 is 0 Å². The SMILES string of the molecule is CCCC(CC)[NH][Nb]([O]C(C)(C)C)([O]C(C)(C)C)[O]C(C)(C)C. The third kappa shape index (κ3) is 11.7. The van der Waals surface area contributed by atoms with Crippen LogP contribution in [-0.2, 0) is 28.3 Å². The Morgan fingerprint density at radius 1 is 0.739 bits per heavy atom. The first-order valence-corrected chi connectivity index (χ1v) is 12.7. The van der Waals surface area contributed by atoms with Gasteiger partial charge in [0.2, 0.25) is 0 Å². The quantitative estimate of drug-likeness (QED) is 0.541. The van der Waals surface area contributed by atoms with E-state index in [9.17, 15) is 0 Å². The van der Waals surface area contributed by atoms with E-state index in [0.29, 0.717) is 6.04 Å². The fraction of sp³-hybridized carbons (Fsp3) is 1.00. The Morgan fingerprint density at radius 2 is 1.09 bits per heavy atom. The Hall–Kier alpha value is 0.580. The Bertz CT molecular complexity index is 299. The minimum atomic E-state index is -3.86. The number of nitrogens with one attached hydrogen (secondary N) is 1. The molecule has 0 fully saturated rings. The molecule has 0 rings (SSSR count). The maximum atomic E-state index is 6.50. The summed E-state index contributed by atoms with van der Waals surface area (Å²) >= 11 is -3.86. The van der Waals surface area contributed by atoms with Gasteiger partial charge in [-0.05, 0) is 0 Å². The zero-order chi connectivity index (χ0) is 18.5. The summed E-state index contributed by atoms with van der Waals surface area (Å²) in [4.78, 5) is 0. The van der Waals surface area contributed by atoms with E-state index in [1.54, 1.807) is 0 Å². The average molecular weight is 412 g/mol. The summed E-state index contributed by atoms with van der Waals surface area (Å²) in [6.07, 6.45) is 3.27. The molecule has 0 aromatic heterocycles. The molecule has 5 heteroatoms. The minimum absolute atomic E-state index is 0.320. The van der Waals surface area contributed by atoms with Crippen molar-refractivity contribution in [2.24, 2.45) is 0 Å². The first kappa shape index (κ1) is 23.6. The van der Waals surface area contributed by atoms with E-state index in [1.165, 1.54) is 0 Å². The van der Waals surface area contributed by atoms with E-state index in [0.717, 1.165) is 19.3 Å². The summed E-state index contributed by atoms with van der Waals surface area (Å²) in [5.41, 5.74) is -0.960. The molecule has 0 aliphatic rings. The first-order valence-electron chi connectivity index (χ1n) is 8.90. The van der Waals surface area contributed by atoms with Crippen molar-refractivity contribution in [1.29, 1.82) is 0 Å². The zero-order valence-corrected chi connectivity index (χ0v) is 19.6. The molecule has 0 amide bonds. The van der Waals surface area contributed by atoms with Crippen LogP contribution in [0.1, 0.15) is 95.4 Å². The number of rotatable bonds is 8. The van der Waals surface area contributed by atoms with Crippen LogP contribution >= 0.6 is 0 Å². The van der Waals surface area contributed by atoms with Gasteiger partial charge >= 0.3 is 150 Å². The summed E-state index contributed by atoms with van der Waals surface area (Å²) in [7, 11) is 0. The van der Waals surface area contributed by atoms with Crippen LogP contribution in [0.3, 0.4) is 0 Å². The summed E-state index contributed by atoms with van der Waals surface area (Å²) in [5.74, 6) is 0. The van der Waals surface area contributed by atoms with Crippen molar-refractivity contribution < 1.29 is 28.3 Å². The Kier molecular flexibility index (Phi) is 9.02. The van der Waals surface area contributed by atoms with Gasteiger partial charge in [0.15, 0.2) is 0 Å². The van der Waals surface area contributed by atoms with E-state index in [1.807, 2.05) is 0 Å². The van der Waals surface area contributed by atoms with Gasteiger partial charge in [-0.2, -0.15) is 0 Å². The molecular formula is C18H41NNbO3. The van der Waals surface area contributed by atoms with E-state index < -0.39 is 18.6 Å². The molecule has 0 saturated heterocycles. The average Bonchev–Trinajstić information content (AvgIpc) is 2.20. The van der Waals surface area contributed by atoms with Gasteiger partial charge in [-0.25, -0.2) is 0 Å². The maximum absolute atomic E-state index is 6.50. The van der Waals surface area contributed by atoms with Crippen LogP contribution in [0.5, 0.6) is 0 Å². The third-order valence-corrected chi connectivity index (χ3v) is 10.1. The van der Waals surface area contributed by atoms with E-state index in [4.69, 9.17) is 9.73 Å². The van der Waals surface area contributed by atoms with Crippen LogP contribution < -0.4 is 3.72 Å². The van der Waals surface area contributed by atoms with E-state index in [-0.39, 0.29) is 16.8 Å². The number of hydrogen-bond donors (Lipinski definition) is 1. The van der Waals surface area contributed by atoms with Crippen molar-refractivity contribution in [3.8, 4) is 0 Å². The standard InChI is InChI=1S/C6H14N.3C4H9O.Nb/c1-3-5-6(7)4-2;3*1-4(2,3)5;/h6-7H,3-5H2,1-2H3;3*1-3H3;/q4*-1;+4. The second-order valence-electron chi connectivity index (χ2n) is 9.13. The molecule has 0 aliphatic carbocycles. The Labute approximate surface area is 150 Å². The van der Waals surface area contributed by atoms with Crippen LogP contribution in [0.2, 0.25) is 0 Å². The molecule has 1 unspecified atom stereocenters. The van der Waals surface area contributed by atoms with Gasteiger partial charge in [-0.1, -0.05) is 0 Å². The molecule has 0 saturated carbocycles. The van der Waals surface area contributed by atoms with Crippen molar-refractivity contribution in [2.45, 2.75) is 118 Å². The predicted octanol–water partition coefficient (Wildman–Crippen LogP) is 5.41. The summed E-state index contributed by atoms with van der Waals surface area (Å²) < 4.78 is 23.2. The molecule has 0 spiro atoms. The van der Waals surface area contributed by atoms with Gasteiger partial charge in [0.25, 0.3) is 0 Å². The Morgan fingerprint density at radius 3 is 1.30 bits per heavy atom. The zero-order valence-electron chi connectivity index (χ0n) is 17.4. The van der Waals surface area contributed by atoms with Crippen molar-refractivity contribution in [3.05, 3.63) is 0 Å². The molecule has 141 valence electrons. The predicted molar refractivity (Wildman–Crippen MR) is 94.6 cm³/mol. The van der Waals surface area contributed by atoms with Crippen molar-refractivity contribution in [2.75, 3.05) is 0 Å². The molecule has 0 aromatic rings. The van der Waals surface area contributed by atoms with Gasteiger partial charge in [0.05, 0.1) is 0 Å². The summed E-state index contributed by atoms with van der Waals surface area (Å²) in [6, 6.07) is 0.359. The fourth-order valence-electron chi connectivity index (χ4n) is 2.15. The topological polar surface area (TPSA) is 39.7 Å².